The van der Waals surface area contributed by atoms with E-state index in [4.69, 9.17) is 0 Å². The number of benzene rings is 1. The molecule has 0 bridgehead atoms. The molecule has 6 N–H and O–H groups in total. The molecule has 37 heavy (non-hydrogen) atoms. The summed E-state index contributed by atoms with van der Waals surface area (Å²) in [6.45, 7) is 17.3. The lowest BCUT2D eigenvalue weighted by Gasteiger charge is -2.26. The van der Waals surface area contributed by atoms with Crippen LogP contribution in [0.3, 0.4) is 0 Å². The van der Waals surface area contributed by atoms with Gasteiger partial charge in [0.05, 0.1) is 0 Å². The number of rotatable bonds is 4. The van der Waals surface area contributed by atoms with Crippen molar-refractivity contribution in [2.45, 2.75) is 38.8 Å². The molecule has 0 spiro atoms. The maximum Gasteiger partial charge on any atom is 0.132 e. The van der Waals surface area contributed by atoms with Gasteiger partial charge < -0.3 is 31.9 Å². The van der Waals surface area contributed by atoms with Gasteiger partial charge in [0.25, 0.3) is 0 Å². The van der Waals surface area contributed by atoms with Gasteiger partial charge in [0.2, 0.25) is 0 Å². The van der Waals surface area contributed by atoms with Crippen LogP contribution in [0.2, 0.25) is 0 Å². The first-order valence-electron chi connectivity index (χ1n) is 14.8. The van der Waals surface area contributed by atoms with Crippen molar-refractivity contribution in [1.82, 2.24) is 41.7 Å². The van der Waals surface area contributed by atoms with Crippen LogP contribution in [-0.4, -0.2) is 115 Å². The molecule has 1 aromatic carbocycles. The van der Waals surface area contributed by atoms with Crippen LogP contribution < -0.4 is 31.9 Å². The van der Waals surface area contributed by atoms with Crippen LogP contribution in [-0.2, 0) is 13.1 Å². The van der Waals surface area contributed by atoms with E-state index >= 15 is 4.39 Å². The van der Waals surface area contributed by atoms with E-state index in [0.717, 1.165) is 142 Å². The molecule has 0 amide bonds. The van der Waals surface area contributed by atoms with Crippen molar-refractivity contribution in [3.63, 3.8) is 0 Å². The lowest BCUT2D eigenvalue weighted by molar-refractivity contribution is 0.249. The molecule has 8 nitrogen and oxygen atoms in total. The fourth-order valence-corrected chi connectivity index (χ4v) is 5.01. The van der Waals surface area contributed by atoms with E-state index in [1.54, 1.807) is 0 Å². The summed E-state index contributed by atoms with van der Waals surface area (Å²) in [7, 11) is 0. The second-order valence-corrected chi connectivity index (χ2v) is 10.4. The molecular weight excluding hydrogens is 467 g/mol. The molecule has 0 saturated carbocycles. The normalized spacial score (nSPS) is 22.6. The van der Waals surface area contributed by atoms with Crippen molar-refractivity contribution in [1.29, 1.82) is 0 Å². The van der Waals surface area contributed by atoms with Gasteiger partial charge in [-0.3, -0.25) is 9.80 Å². The number of hydrogen-bond donors (Lipinski definition) is 6. The first-order chi connectivity index (χ1) is 18.3. The van der Waals surface area contributed by atoms with Crippen LogP contribution in [0.1, 0.15) is 36.8 Å². The Morgan fingerprint density at radius 1 is 0.486 bits per heavy atom. The summed E-state index contributed by atoms with van der Waals surface area (Å²) in [5, 5.41) is 21.1. The van der Waals surface area contributed by atoms with Crippen molar-refractivity contribution >= 4 is 0 Å². The molecular formula is C28H53FN8. The van der Waals surface area contributed by atoms with E-state index in [2.05, 4.69) is 41.7 Å². The number of nitrogens with zero attached hydrogens (tertiary/aromatic N) is 2. The predicted molar refractivity (Wildman–Crippen MR) is 153 cm³/mol. The zero-order chi connectivity index (χ0) is 25.8. The maximum atomic E-state index is 15.7. The van der Waals surface area contributed by atoms with Gasteiger partial charge in [0.1, 0.15) is 5.82 Å². The highest BCUT2D eigenvalue weighted by molar-refractivity contribution is 5.26. The van der Waals surface area contributed by atoms with E-state index < -0.39 is 0 Å². The minimum absolute atomic E-state index is 0.0179. The summed E-state index contributed by atoms with van der Waals surface area (Å²) < 4.78 is 15.7. The smallest absolute Gasteiger partial charge is 0.132 e. The van der Waals surface area contributed by atoms with E-state index in [9.17, 15) is 0 Å². The fourth-order valence-electron chi connectivity index (χ4n) is 5.01. The van der Waals surface area contributed by atoms with Gasteiger partial charge in [0.15, 0.2) is 0 Å². The second kappa shape index (κ2) is 19.8. The zero-order valence-corrected chi connectivity index (χ0v) is 23.1. The Bertz CT molecular complexity index is 625. The zero-order valence-electron chi connectivity index (χ0n) is 23.1. The first kappa shape index (κ1) is 30.4. The highest BCUT2D eigenvalue weighted by Gasteiger charge is 2.15. The van der Waals surface area contributed by atoms with Crippen LogP contribution in [0.5, 0.6) is 0 Å². The lowest BCUT2D eigenvalue weighted by atomic mass is 10.1. The monoisotopic (exact) mass is 520 g/mol. The molecule has 3 rings (SSSR count). The molecule has 0 aromatic heterocycles. The lowest BCUT2D eigenvalue weighted by Crippen LogP contribution is -2.37. The van der Waals surface area contributed by atoms with E-state index in [-0.39, 0.29) is 5.82 Å². The van der Waals surface area contributed by atoms with Crippen LogP contribution in [0.15, 0.2) is 18.2 Å². The molecule has 212 valence electrons. The van der Waals surface area contributed by atoms with Crippen LogP contribution in [0.4, 0.5) is 4.39 Å². The summed E-state index contributed by atoms with van der Waals surface area (Å²) >= 11 is 0. The Morgan fingerprint density at radius 3 is 1.30 bits per heavy atom. The molecule has 1 aromatic rings. The molecule has 0 unspecified atom stereocenters. The van der Waals surface area contributed by atoms with Crippen molar-refractivity contribution in [3.05, 3.63) is 35.1 Å². The van der Waals surface area contributed by atoms with Crippen molar-refractivity contribution in [2.75, 3.05) is 105 Å². The van der Waals surface area contributed by atoms with E-state index in [1.807, 2.05) is 18.2 Å². The quantitative estimate of drug-likeness (QED) is 0.344. The number of hydrogen-bond acceptors (Lipinski definition) is 8. The minimum Gasteiger partial charge on any atom is -0.315 e. The fraction of sp³-hybridized carbons (Fsp3) is 0.786. The average Bonchev–Trinajstić information content (AvgIpc) is 2.90. The SMILES string of the molecule is Fc1c(CN2CCCNCCNCCCNCC2)cccc1CN1CCCNCCNCCCNCC1. The van der Waals surface area contributed by atoms with Gasteiger partial charge in [-0.25, -0.2) is 4.39 Å². The van der Waals surface area contributed by atoms with Gasteiger partial charge in [-0.1, -0.05) is 18.2 Å². The largest absolute Gasteiger partial charge is 0.315 e. The summed E-state index contributed by atoms with van der Waals surface area (Å²) in [4.78, 5) is 4.82. The van der Waals surface area contributed by atoms with Gasteiger partial charge in [-0.2, -0.15) is 0 Å². The van der Waals surface area contributed by atoms with Crippen molar-refractivity contribution in [2.24, 2.45) is 0 Å². The summed E-state index contributed by atoms with van der Waals surface area (Å²) in [6, 6.07) is 6.00. The van der Waals surface area contributed by atoms with E-state index in [1.165, 1.54) is 0 Å². The average molecular weight is 521 g/mol. The third kappa shape index (κ3) is 13.5. The highest BCUT2D eigenvalue weighted by Crippen LogP contribution is 2.17. The third-order valence-electron chi connectivity index (χ3n) is 7.18. The Kier molecular flexibility index (Phi) is 16.3. The first-order valence-corrected chi connectivity index (χ1v) is 14.8. The van der Waals surface area contributed by atoms with Crippen LogP contribution >= 0.6 is 0 Å². The van der Waals surface area contributed by atoms with Gasteiger partial charge in [0, 0.05) is 76.6 Å². The maximum absolute atomic E-state index is 15.7. The van der Waals surface area contributed by atoms with E-state index in [0.29, 0.717) is 13.1 Å². The van der Waals surface area contributed by atoms with Crippen LogP contribution in [0, 0.1) is 5.82 Å². The Hall–Kier alpha value is -1.17. The predicted octanol–water partition coefficient (Wildman–Crippen LogP) is 0.555. The van der Waals surface area contributed by atoms with Crippen molar-refractivity contribution in [3.8, 4) is 0 Å². The number of nitrogens with one attached hydrogen (secondary N) is 6. The third-order valence-corrected chi connectivity index (χ3v) is 7.18. The van der Waals surface area contributed by atoms with Gasteiger partial charge >= 0.3 is 0 Å². The number of halogens is 1. The summed E-state index contributed by atoms with van der Waals surface area (Å²) in [6.07, 6.45) is 4.42. The summed E-state index contributed by atoms with van der Waals surface area (Å²) in [5.41, 5.74) is 1.65. The van der Waals surface area contributed by atoms with Gasteiger partial charge in [-0.15, -0.1) is 0 Å². The Labute approximate surface area is 224 Å². The molecule has 9 heteroatoms. The molecule has 2 aliphatic rings. The van der Waals surface area contributed by atoms with Gasteiger partial charge in [-0.05, 0) is 78.0 Å². The standard InChI is InChI=1S/C28H53FN8/c29-28-26(24-36-20-4-12-32-16-14-30-8-2-10-34-18-22-36)6-1-7-27(28)25-37-21-5-13-33-17-15-31-9-3-11-35-19-23-37/h1,6-7,30-35H,2-5,8-25H2. The summed E-state index contributed by atoms with van der Waals surface area (Å²) in [5.74, 6) is -0.0179. The topological polar surface area (TPSA) is 78.7 Å². The molecule has 2 saturated heterocycles. The molecule has 0 atom stereocenters. The van der Waals surface area contributed by atoms with Crippen molar-refractivity contribution < 1.29 is 4.39 Å². The Morgan fingerprint density at radius 2 is 0.865 bits per heavy atom. The second-order valence-electron chi connectivity index (χ2n) is 10.4. The molecule has 2 heterocycles. The Balaban J connectivity index is 1.56. The highest BCUT2D eigenvalue weighted by atomic mass is 19.1. The molecule has 2 fully saturated rings. The molecule has 0 aliphatic carbocycles. The molecule has 2 aliphatic heterocycles. The minimum atomic E-state index is -0.0179. The molecule has 0 radical (unpaired) electrons. The van der Waals surface area contributed by atoms with Crippen LogP contribution in [0.25, 0.3) is 0 Å².